The Labute approximate surface area is 119 Å². The Balaban J connectivity index is 2.41. The maximum absolute atomic E-state index is 13.8. The molecule has 0 amide bonds. The number of halogens is 2. The van der Waals surface area contributed by atoms with E-state index in [1.54, 1.807) is 25.3 Å². The largest absolute Gasteiger partial charge is 0.382 e. The predicted octanol–water partition coefficient (Wildman–Crippen LogP) is 2.66. The minimum atomic E-state index is -0.329. The summed E-state index contributed by atoms with van der Waals surface area (Å²) in [4.78, 5) is 0. The number of benzene rings is 1. The molecule has 1 N–H and O–H groups in total. The second-order valence-electron chi connectivity index (χ2n) is 4.30. The molecule has 0 heterocycles. The van der Waals surface area contributed by atoms with Crippen molar-refractivity contribution in [3.05, 3.63) is 34.6 Å². The molecule has 0 spiro atoms. The van der Waals surface area contributed by atoms with Crippen LogP contribution in [0.4, 0.5) is 4.39 Å². The highest BCUT2D eigenvalue weighted by Gasteiger charge is 2.12. The molecule has 108 valence electrons. The minimum absolute atomic E-state index is 0.163. The van der Waals surface area contributed by atoms with Crippen LogP contribution in [-0.2, 0) is 15.9 Å². The number of ether oxygens (including phenoxy) is 2. The fraction of sp³-hybridized carbons (Fsp3) is 0.571. The van der Waals surface area contributed by atoms with Crippen molar-refractivity contribution in [1.29, 1.82) is 0 Å². The van der Waals surface area contributed by atoms with Gasteiger partial charge in [-0.25, -0.2) is 4.39 Å². The van der Waals surface area contributed by atoms with Crippen LogP contribution >= 0.6 is 11.6 Å². The summed E-state index contributed by atoms with van der Waals surface area (Å²) in [7, 11) is 3.50. The summed E-state index contributed by atoms with van der Waals surface area (Å²) < 4.78 is 24.1. The average Bonchev–Trinajstić information content (AvgIpc) is 2.42. The first-order valence-corrected chi connectivity index (χ1v) is 6.73. The molecule has 5 heteroatoms. The first-order chi connectivity index (χ1) is 9.19. The lowest BCUT2D eigenvalue weighted by Crippen LogP contribution is -2.29. The first-order valence-electron chi connectivity index (χ1n) is 6.35. The molecular weight excluding hydrogens is 269 g/mol. The highest BCUT2D eigenvalue weighted by molar-refractivity contribution is 6.30. The molecule has 0 aliphatic rings. The normalized spacial score (nSPS) is 12.6. The summed E-state index contributed by atoms with van der Waals surface area (Å²) in [5.41, 5.74) is 0.628. The second kappa shape index (κ2) is 9.26. The van der Waals surface area contributed by atoms with Crippen LogP contribution in [0.15, 0.2) is 18.2 Å². The zero-order valence-corrected chi connectivity index (χ0v) is 12.2. The van der Waals surface area contributed by atoms with Gasteiger partial charge >= 0.3 is 0 Å². The molecule has 1 aromatic carbocycles. The van der Waals surface area contributed by atoms with E-state index in [4.69, 9.17) is 21.1 Å². The van der Waals surface area contributed by atoms with Crippen molar-refractivity contribution in [2.75, 3.05) is 34.0 Å². The number of rotatable bonds is 9. The number of hydrogen-bond acceptors (Lipinski definition) is 3. The van der Waals surface area contributed by atoms with Crippen molar-refractivity contribution in [3.63, 3.8) is 0 Å². The summed E-state index contributed by atoms with van der Waals surface area (Å²) in [5.74, 6) is -0.329. The summed E-state index contributed by atoms with van der Waals surface area (Å²) in [5, 5.41) is 3.34. The molecular formula is C14H21ClFNO2. The van der Waals surface area contributed by atoms with Crippen LogP contribution in [0.2, 0.25) is 5.02 Å². The van der Waals surface area contributed by atoms with Gasteiger partial charge < -0.3 is 14.8 Å². The third kappa shape index (κ3) is 5.87. The minimum Gasteiger partial charge on any atom is -0.382 e. The maximum atomic E-state index is 13.8. The second-order valence-corrected chi connectivity index (χ2v) is 4.70. The van der Waals surface area contributed by atoms with Crippen LogP contribution in [0, 0.1) is 5.82 Å². The smallest absolute Gasteiger partial charge is 0.145 e. The van der Waals surface area contributed by atoms with E-state index in [9.17, 15) is 4.39 Å². The van der Waals surface area contributed by atoms with Gasteiger partial charge in [-0.15, -0.1) is 0 Å². The molecule has 0 aromatic heterocycles. The van der Waals surface area contributed by atoms with Crippen molar-refractivity contribution in [2.24, 2.45) is 0 Å². The van der Waals surface area contributed by atoms with E-state index in [0.717, 1.165) is 6.42 Å². The topological polar surface area (TPSA) is 30.5 Å². The van der Waals surface area contributed by atoms with Gasteiger partial charge in [-0.1, -0.05) is 23.7 Å². The molecule has 0 fully saturated rings. The number of nitrogens with one attached hydrogen (secondary N) is 1. The van der Waals surface area contributed by atoms with Gasteiger partial charge in [0.15, 0.2) is 0 Å². The monoisotopic (exact) mass is 289 g/mol. The fourth-order valence-electron chi connectivity index (χ4n) is 1.79. The van der Waals surface area contributed by atoms with E-state index in [-0.39, 0.29) is 16.9 Å². The Morgan fingerprint density at radius 3 is 2.79 bits per heavy atom. The number of hydrogen-bond donors (Lipinski definition) is 1. The lowest BCUT2D eigenvalue weighted by molar-refractivity contribution is 0.0661. The molecule has 3 nitrogen and oxygen atoms in total. The molecule has 19 heavy (non-hydrogen) atoms. The van der Waals surface area contributed by atoms with Crippen LogP contribution in [-0.4, -0.2) is 40.0 Å². The van der Waals surface area contributed by atoms with Crippen LogP contribution in [0.1, 0.15) is 12.0 Å². The maximum Gasteiger partial charge on any atom is 0.145 e. The third-order valence-electron chi connectivity index (χ3n) is 2.95. The third-order valence-corrected chi connectivity index (χ3v) is 3.24. The van der Waals surface area contributed by atoms with Crippen LogP contribution in [0.5, 0.6) is 0 Å². The SMILES string of the molecule is CNC(CCOCCOC)Cc1cccc(Cl)c1F. The van der Waals surface area contributed by atoms with E-state index in [0.29, 0.717) is 31.8 Å². The van der Waals surface area contributed by atoms with Crippen molar-refractivity contribution in [3.8, 4) is 0 Å². The van der Waals surface area contributed by atoms with Gasteiger partial charge in [0, 0.05) is 19.8 Å². The van der Waals surface area contributed by atoms with E-state index < -0.39 is 0 Å². The first kappa shape index (κ1) is 16.4. The standard InChI is InChI=1S/C14H21ClFNO2/c1-17-12(6-7-19-9-8-18-2)10-11-4-3-5-13(15)14(11)16/h3-5,12,17H,6-10H2,1-2H3. The van der Waals surface area contributed by atoms with Crippen molar-refractivity contribution in [2.45, 2.75) is 18.9 Å². The van der Waals surface area contributed by atoms with Gasteiger partial charge in [-0.05, 0) is 31.5 Å². The molecule has 1 atom stereocenters. The van der Waals surface area contributed by atoms with Crippen molar-refractivity contribution >= 4 is 11.6 Å². The summed E-state index contributed by atoms with van der Waals surface area (Å²) in [6.45, 7) is 1.79. The highest BCUT2D eigenvalue weighted by atomic mass is 35.5. The Morgan fingerprint density at radius 2 is 2.11 bits per heavy atom. The Bertz CT molecular complexity index is 376. The fourth-order valence-corrected chi connectivity index (χ4v) is 1.98. The lowest BCUT2D eigenvalue weighted by Gasteiger charge is -2.17. The van der Waals surface area contributed by atoms with Crippen molar-refractivity contribution in [1.82, 2.24) is 5.32 Å². The Hall–Kier alpha value is -0.680. The average molecular weight is 290 g/mol. The van der Waals surface area contributed by atoms with Gasteiger partial charge in [-0.2, -0.15) is 0 Å². The molecule has 0 aliphatic heterocycles. The molecule has 0 bridgehead atoms. The van der Waals surface area contributed by atoms with E-state index in [2.05, 4.69) is 5.32 Å². The highest BCUT2D eigenvalue weighted by Crippen LogP contribution is 2.19. The number of likely N-dealkylation sites (N-methyl/N-ethyl adjacent to an activating group) is 1. The van der Waals surface area contributed by atoms with Crippen LogP contribution in [0.3, 0.4) is 0 Å². The summed E-state index contributed by atoms with van der Waals surface area (Å²) in [6, 6.07) is 5.25. The van der Waals surface area contributed by atoms with E-state index >= 15 is 0 Å². The lowest BCUT2D eigenvalue weighted by atomic mass is 10.0. The Morgan fingerprint density at radius 1 is 1.32 bits per heavy atom. The van der Waals surface area contributed by atoms with Crippen LogP contribution in [0.25, 0.3) is 0 Å². The number of methoxy groups -OCH3 is 1. The van der Waals surface area contributed by atoms with E-state index in [1.807, 2.05) is 7.05 Å². The molecule has 0 radical (unpaired) electrons. The van der Waals surface area contributed by atoms with E-state index in [1.165, 1.54) is 0 Å². The zero-order valence-electron chi connectivity index (χ0n) is 11.4. The van der Waals surface area contributed by atoms with Crippen LogP contribution < -0.4 is 5.32 Å². The van der Waals surface area contributed by atoms with Gasteiger partial charge in [0.05, 0.1) is 18.2 Å². The molecule has 1 unspecified atom stereocenters. The summed E-state index contributed by atoms with van der Waals surface area (Å²) in [6.07, 6.45) is 1.41. The van der Waals surface area contributed by atoms with Gasteiger partial charge in [0.25, 0.3) is 0 Å². The molecule has 1 rings (SSSR count). The zero-order chi connectivity index (χ0) is 14.1. The molecule has 0 saturated carbocycles. The van der Waals surface area contributed by atoms with Gasteiger partial charge in [-0.3, -0.25) is 0 Å². The van der Waals surface area contributed by atoms with Gasteiger partial charge in [0.2, 0.25) is 0 Å². The summed E-state index contributed by atoms with van der Waals surface area (Å²) >= 11 is 5.77. The van der Waals surface area contributed by atoms with Gasteiger partial charge in [0.1, 0.15) is 5.82 Å². The Kier molecular flexibility index (Phi) is 7.98. The molecule has 1 aromatic rings. The quantitative estimate of drug-likeness (QED) is 0.709. The molecule has 0 saturated heterocycles. The molecule has 0 aliphatic carbocycles. The van der Waals surface area contributed by atoms with Crippen molar-refractivity contribution < 1.29 is 13.9 Å². The predicted molar refractivity (Wildman–Crippen MR) is 75.3 cm³/mol.